The van der Waals surface area contributed by atoms with Crippen molar-refractivity contribution in [3.63, 3.8) is 0 Å². The first-order valence-electron chi connectivity index (χ1n) is 8.92. The molecule has 134 valence electrons. The molecule has 0 saturated carbocycles. The minimum atomic E-state index is -0.273. The standard InChI is InChI=1S/C21H22N2O3/c1-15-20(8-5-9-22-15)17-10-18-13-25-14-19(11-17)23(18)21(24)26-12-16-6-3-2-4-7-16/h2-10,18-19H,11-14H2,1H3. The third-order valence-corrected chi connectivity index (χ3v) is 4.97. The lowest BCUT2D eigenvalue weighted by atomic mass is 9.89. The van der Waals surface area contributed by atoms with Gasteiger partial charge in [0.15, 0.2) is 0 Å². The topological polar surface area (TPSA) is 51.7 Å². The fraction of sp³-hybridized carbons (Fsp3) is 0.333. The summed E-state index contributed by atoms with van der Waals surface area (Å²) in [7, 11) is 0. The van der Waals surface area contributed by atoms with Gasteiger partial charge in [0.25, 0.3) is 0 Å². The van der Waals surface area contributed by atoms with Gasteiger partial charge >= 0.3 is 6.09 Å². The number of aryl methyl sites for hydroxylation is 1. The first-order chi connectivity index (χ1) is 12.7. The van der Waals surface area contributed by atoms with Crippen LogP contribution in [-0.2, 0) is 16.1 Å². The largest absolute Gasteiger partial charge is 0.445 e. The number of carbonyl (C=O) groups excluding carboxylic acids is 1. The molecule has 0 N–H and O–H groups in total. The van der Waals surface area contributed by atoms with Crippen LogP contribution in [0.5, 0.6) is 0 Å². The van der Waals surface area contributed by atoms with E-state index in [0.717, 1.165) is 23.2 Å². The first-order valence-corrected chi connectivity index (χ1v) is 8.92. The van der Waals surface area contributed by atoms with Crippen LogP contribution in [0.25, 0.3) is 5.57 Å². The lowest BCUT2D eigenvalue weighted by Gasteiger charge is -2.43. The maximum atomic E-state index is 12.7. The van der Waals surface area contributed by atoms with Crippen molar-refractivity contribution in [3.8, 4) is 0 Å². The first kappa shape index (κ1) is 16.8. The Labute approximate surface area is 153 Å². The van der Waals surface area contributed by atoms with Gasteiger partial charge in [-0.05, 0) is 36.1 Å². The second-order valence-electron chi connectivity index (χ2n) is 6.74. The highest BCUT2D eigenvalue weighted by molar-refractivity contribution is 5.75. The summed E-state index contributed by atoms with van der Waals surface area (Å²) in [4.78, 5) is 18.9. The van der Waals surface area contributed by atoms with Gasteiger partial charge in [0.2, 0.25) is 0 Å². The number of morpholine rings is 1. The molecule has 2 aliphatic heterocycles. The van der Waals surface area contributed by atoms with E-state index in [1.54, 1.807) is 6.20 Å². The van der Waals surface area contributed by atoms with Crippen LogP contribution < -0.4 is 0 Å². The number of pyridine rings is 1. The van der Waals surface area contributed by atoms with Crippen molar-refractivity contribution in [1.29, 1.82) is 0 Å². The molecule has 1 amide bonds. The van der Waals surface area contributed by atoms with E-state index in [2.05, 4.69) is 17.1 Å². The van der Waals surface area contributed by atoms with Crippen LogP contribution in [0.3, 0.4) is 0 Å². The molecule has 26 heavy (non-hydrogen) atoms. The van der Waals surface area contributed by atoms with Gasteiger partial charge in [-0.2, -0.15) is 0 Å². The Morgan fingerprint density at radius 3 is 2.85 bits per heavy atom. The third kappa shape index (κ3) is 3.35. The van der Waals surface area contributed by atoms with Crippen molar-refractivity contribution in [1.82, 2.24) is 9.88 Å². The summed E-state index contributed by atoms with van der Waals surface area (Å²) < 4.78 is 11.2. The number of fused-ring (bicyclic) bond motifs is 2. The van der Waals surface area contributed by atoms with Crippen molar-refractivity contribution in [3.05, 3.63) is 71.6 Å². The number of benzene rings is 1. The van der Waals surface area contributed by atoms with Crippen molar-refractivity contribution in [2.24, 2.45) is 0 Å². The second kappa shape index (κ2) is 7.30. The molecule has 1 aromatic heterocycles. The molecule has 2 aromatic rings. The van der Waals surface area contributed by atoms with Gasteiger partial charge in [0.1, 0.15) is 6.61 Å². The number of hydrogen-bond acceptors (Lipinski definition) is 4. The number of hydrogen-bond donors (Lipinski definition) is 0. The van der Waals surface area contributed by atoms with Crippen molar-refractivity contribution >= 4 is 11.7 Å². The Hall–Kier alpha value is -2.66. The van der Waals surface area contributed by atoms with Crippen LogP contribution in [0.15, 0.2) is 54.7 Å². The fourth-order valence-corrected chi connectivity index (χ4v) is 3.70. The lowest BCUT2D eigenvalue weighted by Crippen LogP contribution is -2.56. The molecule has 3 heterocycles. The number of carbonyl (C=O) groups is 1. The van der Waals surface area contributed by atoms with Gasteiger partial charge in [-0.15, -0.1) is 0 Å². The van der Waals surface area contributed by atoms with Crippen LogP contribution in [0, 0.1) is 6.92 Å². The third-order valence-electron chi connectivity index (χ3n) is 4.97. The average molecular weight is 350 g/mol. The van der Waals surface area contributed by atoms with Crippen LogP contribution in [-0.4, -0.2) is 41.3 Å². The molecule has 5 heteroatoms. The zero-order valence-electron chi connectivity index (χ0n) is 14.8. The highest BCUT2D eigenvalue weighted by atomic mass is 16.6. The number of rotatable bonds is 3. The number of amides is 1. The molecule has 1 saturated heterocycles. The van der Waals surface area contributed by atoms with E-state index < -0.39 is 0 Å². The summed E-state index contributed by atoms with van der Waals surface area (Å²) in [5, 5.41) is 0. The van der Waals surface area contributed by atoms with Crippen molar-refractivity contribution in [2.45, 2.75) is 32.0 Å². The Morgan fingerprint density at radius 1 is 1.23 bits per heavy atom. The Balaban J connectivity index is 1.51. The lowest BCUT2D eigenvalue weighted by molar-refractivity contribution is -0.0342. The summed E-state index contributed by atoms with van der Waals surface area (Å²) >= 11 is 0. The maximum Gasteiger partial charge on any atom is 0.411 e. The van der Waals surface area contributed by atoms with E-state index in [4.69, 9.17) is 9.47 Å². The van der Waals surface area contributed by atoms with Crippen molar-refractivity contribution < 1.29 is 14.3 Å². The quantitative estimate of drug-likeness (QED) is 0.849. The molecular formula is C21H22N2O3. The highest BCUT2D eigenvalue weighted by Crippen LogP contribution is 2.33. The highest BCUT2D eigenvalue weighted by Gasteiger charge is 2.39. The molecule has 1 aromatic carbocycles. The van der Waals surface area contributed by atoms with Gasteiger partial charge < -0.3 is 9.47 Å². The van der Waals surface area contributed by atoms with E-state index in [1.807, 2.05) is 48.2 Å². The molecular weight excluding hydrogens is 328 g/mol. The summed E-state index contributed by atoms with van der Waals surface area (Å²) in [6, 6.07) is 13.7. The average Bonchev–Trinajstić information content (AvgIpc) is 2.66. The van der Waals surface area contributed by atoms with Crippen molar-refractivity contribution in [2.75, 3.05) is 13.2 Å². The molecule has 2 aliphatic rings. The molecule has 5 nitrogen and oxygen atoms in total. The monoisotopic (exact) mass is 350 g/mol. The Bertz CT molecular complexity index is 819. The SMILES string of the molecule is Cc1ncccc1C1=CC2COCC(C1)N2C(=O)OCc1ccccc1. The number of nitrogens with zero attached hydrogens (tertiary/aromatic N) is 2. The summed E-state index contributed by atoms with van der Waals surface area (Å²) in [5.41, 5.74) is 4.39. The Kier molecular flexibility index (Phi) is 4.71. The fourth-order valence-electron chi connectivity index (χ4n) is 3.70. The van der Waals surface area contributed by atoms with E-state index >= 15 is 0 Å². The Morgan fingerprint density at radius 2 is 2.08 bits per heavy atom. The summed E-state index contributed by atoms with van der Waals surface area (Å²) in [5.74, 6) is 0. The molecule has 2 unspecified atom stereocenters. The summed E-state index contributed by atoms with van der Waals surface area (Å²) in [6.07, 6.45) is 4.41. The van der Waals surface area contributed by atoms with Crippen LogP contribution in [0.4, 0.5) is 4.79 Å². The molecule has 0 spiro atoms. The molecule has 2 bridgehead atoms. The van der Waals surface area contributed by atoms with Crippen LogP contribution in [0.2, 0.25) is 0 Å². The smallest absolute Gasteiger partial charge is 0.411 e. The van der Waals surface area contributed by atoms with E-state index in [1.165, 1.54) is 5.57 Å². The van der Waals surface area contributed by atoms with Crippen LogP contribution in [0.1, 0.15) is 23.2 Å². The van der Waals surface area contributed by atoms with E-state index in [0.29, 0.717) is 13.2 Å². The zero-order chi connectivity index (χ0) is 17.9. The normalized spacial score (nSPS) is 21.9. The van der Waals surface area contributed by atoms with E-state index in [9.17, 15) is 4.79 Å². The number of aromatic nitrogens is 1. The predicted octanol–water partition coefficient (Wildman–Crippen LogP) is 3.58. The minimum absolute atomic E-state index is 0.00312. The molecule has 2 atom stereocenters. The maximum absolute atomic E-state index is 12.7. The van der Waals surface area contributed by atoms with Gasteiger partial charge in [-0.1, -0.05) is 42.5 Å². The van der Waals surface area contributed by atoms with Gasteiger partial charge in [0, 0.05) is 11.9 Å². The molecule has 4 rings (SSSR count). The molecule has 0 radical (unpaired) electrons. The number of ether oxygens (including phenoxy) is 2. The van der Waals surface area contributed by atoms with E-state index in [-0.39, 0.29) is 24.8 Å². The second-order valence-corrected chi connectivity index (χ2v) is 6.74. The molecule has 1 fully saturated rings. The van der Waals surface area contributed by atoms with Gasteiger partial charge in [-0.25, -0.2) is 4.79 Å². The minimum Gasteiger partial charge on any atom is -0.445 e. The van der Waals surface area contributed by atoms with Gasteiger partial charge in [-0.3, -0.25) is 9.88 Å². The zero-order valence-corrected chi connectivity index (χ0v) is 14.8. The van der Waals surface area contributed by atoms with Gasteiger partial charge in [0.05, 0.1) is 25.3 Å². The molecule has 0 aliphatic carbocycles. The van der Waals surface area contributed by atoms with Crippen LogP contribution >= 0.6 is 0 Å². The summed E-state index contributed by atoms with van der Waals surface area (Å²) in [6.45, 7) is 3.34. The predicted molar refractivity (Wildman–Crippen MR) is 98.4 cm³/mol.